The summed E-state index contributed by atoms with van der Waals surface area (Å²) in [6, 6.07) is 9.72. The van der Waals surface area contributed by atoms with E-state index in [-0.39, 0.29) is 17.4 Å². The minimum Gasteiger partial charge on any atom is -0.351 e. The van der Waals surface area contributed by atoms with Gasteiger partial charge >= 0.3 is 0 Å². The van der Waals surface area contributed by atoms with Crippen LogP contribution in [0.2, 0.25) is 0 Å². The molecule has 1 atom stereocenters. The van der Waals surface area contributed by atoms with Gasteiger partial charge in [-0.2, -0.15) is 0 Å². The number of nitrogens with one attached hydrogen (secondary N) is 1. The molecule has 0 saturated heterocycles. The first-order valence-corrected chi connectivity index (χ1v) is 10.9. The lowest BCUT2D eigenvalue weighted by Crippen LogP contribution is -2.47. The van der Waals surface area contributed by atoms with Crippen molar-refractivity contribution >= 4 is 17.5 Å². The molecule has 0 radical (unpaired) electrons. The Balaban J connectivity index is 1.81. The van der Waals surface area contributed by atoms with Crippen molar-refractivity contribution in [3.8, 4) is 0 Å². The highest BCUT2D eigenvalue weighted by atomic mass is 19.1. The lowest BCUT2D eigenvalue weighted by Gasteiger charge is -2.33. The van der Waals surface area contributed by atoms with Crippen molar-refractivity contribution in [3.63, 3.8) is 0 Å². The number of aromatic nitrogens is 2. The number of hydrogen-bond acceptors (Lipinski definition) is 4. The summed E-state index contributed by atoms with van der Waals surface area (Å²) in [6.07, 6.45) is 8.80. The third-order valence-corrected chi connectivity index (χ3v) is 5.76. The van der Waals surface area contributed by atoms with Gasteiger partial charge in [0.15, 0.2) is 0 Å². The Bertz CT molecular complexity index is 1100. The smallest absolute Gasteiger partial charge is 0.279 e. The Morgan fingerprint density at radius 3 is 2.36 bits per heavy atom. The zero-order valence-electron chi connectivity index (χ0n) is 18.0. The van der Waals surface area contributed by atoms with E-state index in [0.29, 0.717) is 5.56 Å². The molecule has 33 heavy (non-hydrogen) atoms. The summed E-state index contributed by atoms with van der Waals surface area (Å²) in [5.41, 5.74) is 0.227. The number of anilines is 1. The molecule has 1 fully saturated rings. The molecule has 2 amide bonds. The van der Waals surface area contributed by atoms with Crippen LogP contribution in [0.3, 0.4) is 0 Å². The quantitative estimate of drug-likeness (QED) is 0.596. The molecule has 1 heterocycles. The fourth-order valence-corrected chi connectivity index (χ4v) is 4.14. The lowest BCUT2D eigenvalue weighted by atomic mass is 9.94. The maximum atomic E-state index is 15.0. The van der Waals surface area contributed by atoms with Gasteiger partial charge in [-0.05, 0) is 42.7 Å². The maximum absolute atomic E-state index is 15.0. The van der Waals surface area contributed by atoms with E-state index in [0.717, 1.165) is 37.0 Å². The standard InChI is InChI=1S/C25H24F2N4O2/c26-18-12-10-17(11-13-18)23(24(32)30-19-6-2-1-3-7-19)31(22-9-5-4-8-20(22)27)25(33)21-16-28-14-15-29-21/h4-5,8-16,19,23H,1-3,6-7H2,(H,30,32)/t23-/m0/s1. The van der Waals surface area contributed by atoms with Crippen molar-refractivity contribution < 1.29 is 18.4 Å². The fraction of sp³-hybridized carbons (Fsp3) is 0.280. The van der Waals surface area contributed by atoms with Gasteiger partial charge in [-0.3, -0.25) is 19.5 Å². The van der Waals surface area contributed by atoms with Gasteiger partial charge in [0.25, 0.3) is 5.91 Å². The van der Waals surface area contributed by atoms with Gasteiger partial charge in [0.05, 0.1) is 11.9 Å². The van der Waals surface area contributed by atoms with E-state index in [1.54, 1.807) is 6.07 Å². The van der Waals surface area contributed by atoms with Gasteiger partial charge in [0.1, 0.15) is 23.4 Å². The van der Waals surface area contributed by atoms with Gasteiger partial charge < -0.3 is 5.32 Å². The molecule has 1 aliphatic rings. The van der Waals surface area contributed by atoms with E-state index in [1.807, 2.05) is 0 Å². The summed E-state index contributed by atoms with van der Waals surface area (Å²) in [5.74, 6) is -2.31. The predicted molar refractivity (Wildman–Crippen MR) is 119 cm³/mol. The van der Waals surface area contributed by atoms with Gasteiger partial charge in [0, 0.05) is 18.4 Å². The Labute approximate surface area is 190 Å². The highest BCUT2D eigenvalue weighted by molar-refractivity contribution is 6.09. The first-order chi connectivity index (χ1) is 16.0. The van der Waals surface area contributed by atoms with Crippen LogP contribution in [0, 0.1) is 11.6 Å². The summed E-state index contributed by atoms with van der Waals surface area (Å²) < 4.78 is 28.6. The van der Waals surface area contributed by atoms with Crippen molar-refractivity contribution in [2.45, 2.75) is 44.2 Å². The molecule has 170 valence electrons. The molecule has 1 N–H and O–H groups in total. The van der Waals surface area contributed by atoms with Crippen LogP contribution in [0.1, 0.15) is 54.2 Å². The minimum absolute atomic E-state index is 0.0386. The Morgan fingerprint density at radius 1 is 0.970 bits per heavy atom. The molecule has 8 heteroatoms. The average molecular weight is 450 g/mol. The molecule has 1 aromatic heterocycles. The van der Waals surface area contributed by atoms with Crippen LogP contribution in [0.5, 0.6) is 0 Å². The van der Waals surface area contributed by atoms with Crippen molar-refractivity contribution in [2.24, 2.45) is 0 Å². The predicted octanol–water partition coefficient (Wildman–Crippen LogP) is 4.59. The third kappa shape index (κ3) is 5.22. The van der Waals surface area contributed by atoms with Crippen LogP contribution in [0.15, 0.2) is 67.1 Å². The normalized spacial score (nSPS) is 15.0. The highest BCUT2D eigenvalue weighted by Gasteiger charge is 2.36. The Hall–Kier alpha value is -3.68. The first-order valence-electron chi connectivity index (χ1n) is 10.9. The third-order valence-electron chi connectivity index (χ3n) is 5.76. The highest BCUT2D eigenvalue weighted by Crippen LogP contribution is 2.32. The average Bonchev–Trinajstić information content (AvgIpc) is 2.84. The second-order valence-corrected chi connectivity index (χ2v) is 8.01. The Kier molecular flexibility index (Phi) is 7.02. The summed E-state index contributed by atoms with van der Waals surface area (Å²) in [4.78, 5) is 36.2. The van der Waals surface area contributed by atoms with Gasteiger partial charge in [-0.1, -0.05) is 43.5 Å². The van der Waals surface area contributed by atoms with Crippen LogP contribution in [0.25, 0.3) is 0 Å². The molecule has 3 aromatic rings. The summed E-state index contributed by atoms with van der Waals surface area (Å²) in [7, 11) is 0. The summed E-state index contributed by atoms with van der Waals surface area (Å²) in [5, 5.41) is 3.02. The maximum Gasteiger partial charge on any atom is 0.279 e. The number of carbonyl (C=O) groups excluding carboxylic acids is 2. The molecule has 0 unspecified atom stereocenters. The van der Waals surface area contributed by atoms with Gasteiger partial charge in [-0.15, -0.1) is 0 Å². The molecule has 0 bridgehead atoms. The topological polar surface area (TPSA) is 75.2 Å². The van der Waals surface area contributed by atoms with Crippen LogP contribution < -0.4 is 10.2 Å². The molecule has 1 aliphatic carbocycles. The fourth-order valence-electron chi connectivity index (χ4n) is 4.14. The van der Waals surface area contributed by atoms with Crippen LogP contribution in [-0.2, 0) is 4.79 Å². The largest absolute Gasteiger partial charge is 0.351 e. The summed E-state index contributed by atoms with van der Waals surface area (Å²) in [6.45, 7) is 0. The van der Waals surface area contributed by atoms with Crippen LogP contribution in [0.4, 0.5) is 14.5 Å². The van der Waals surface area contributed by atoms with E-state index < -0.39 is 29.5 Å². The molecular formula is C25H24F2N4O2. The van der Waals surface area contributed by atoms with E-state index in [4.69, 9.17) is 0 Å². The number of nitrogens with zero attached hydrogens (tertiary/aromatic N) is 3. The van der Waals surface area contributed by atoms with Crippen LogP contribution >= 0.6 is 0 Å². The monoisotopic (exact) mass is 450 g/mol. The number of halogens is 2. The van der Waals surface area contributed by atoms with Gasteiger partial charge in [-0.25, -0.2) is 13.8 Å². The van der Waals surface area contributed by atoms with Crippen LogP contribution in [-0.4, -0.2) is 27.8 Å². The second-order valence-electron chi connectivity index (χ2n) is 8.01. The van der Waals surface area contributed by atoms with Crippen molar-refractivity contribution in [1.29, 1.82) is 0 Å². The van der Waals surface area contributed by atoms with Crippen molar-refractivity contribution in [2.75, 3.05) is 4.90 Å². The second kappa shape index (κ2) is 10.3. The zero-order chi connectivity index (χ0) is 23.2. The molecule has 2 aromatic carbocycles. The molecule has 0 spiro atoms. The molecule has 4 rings (SSSR count). The molecule has 0 aliphatic heterocycles. The van der Waals surface area contributed by atoms with Crippen molar-refractivity contribution in [1.82, 2.24) is 15.3 Å². The zero-order valence-corrected chi connectivity index (χ0v) is 18.0. The SMILES string of the molecule is O=C(NC1CCCCC1)[C@H](c1ccc(F)cc1)N(C(=O)c1cnccn1)c1ccccc1F. The number of hydrogen-bond donors (Lipinski definition) is 1. The number of amides is 2. The lowest BCUT2D eigenvalue weighted by molar-refractivity contribution is -0.123. The van der Waals surface area contributed by atoms with E-state index in [9.17, 15) is 18.4 Å². The molecule has 6 nitrogen and oxygen atoms in total. The van der Waals surface area contributed by atoms with Crippen molar-refractivity contribution in [3.05, 3.63) is 90.0 Å². The van der Waals surface area contributed by atoms with E-state index in [2.05, 4.69) is 15.3 Å². The molecular weight excluding hydrogens is 426 g/mol. The summed E-state index contributed by atoms with van der Waals surface area (Å²) >= 11 is 0. The van der Waals surface area contributed by atoms with Gasteiger partial charge in [0.2, 0.25) is 5.91 Å². The Morgan fingerprint density at radius 2 is 1.70 bits per heavy atom. The molecule has 1 saturated carbocycles. The van der Waals surface area contributed by atoms with E-state index in [1.165, 1.54) is 61.1 Å². The number of benzene rings is 2. The number of carbonyl (C=O) groups is 2. The number of rotatable bonds is 6. The minimum atomic E-state index is -1.24. The van der Waals surface area contributed by atoms with E-state index >= 15 is 0 Å². The first kappa shape index (κ1) is 22.5. The number of para-hydroxylation sites is 1.